The smallest absolute Gasteiger partial charge is 0.364 e. The van der Waals surface area contributed by atoms with Crippen LogP contribution in [-0.4, -0.2) is 373 Å². The number of aliphatic hydroxyl groups is 18. The maximum absolute atomic E-state index is 13.1. The Morgan fingerprint density at radius 2 is 0.813 bits per heavy atom. The van der Waals surface area contributed by atoms with Gasteiger partial charge in [-0.1, -0.05) is 0 Å². The van der Waals surface area contributed by atoms with Gasteiger partial charge in [0.1, 0.15) is 134 Å². The van der Waals surface area contributed by atoms with Crippen molar-refractivity contribution in [3.05, 3.63) is 0 Å². The maximum atomic E-state index is 13.1. The van der Waals surface area contributed by atoms with E-state index in [1.165, 1.54) is 0 Å². The average molecular weight is 1330 g/mol. The number of hydrogen-bond acceptors (Lipinski definition) is 35. The molecule has 4 amide bonds. The van der Waals surface area contributed by atoms with Crippen LogP contribution in [0.5, 0.6) is 0 Å². The Labute approximate surface area is 514 Å². The summed E-state index contributed by atoms with van der Waals surface area (Å²) in [7, 11) is 0. The fraction of sp³-hybridized carbons (Fsp3) is 0.880. The molecule has 524 valence electrons. The molecule has 6 aliphatic rings. The van der Waals surface area contributed by atoms with E-state index in [9.17, 15) is 131 Å². The third-order valence-corrected chi connectivity index (χ3v) is 16.0. The Kier molecular flexibility index (Phi) is 26.6. The van der Waals surface area contributed by atoms with Crippen molar-refractivity contribution in [3.63, 3.8) is 0 Å². The van der Waals surface area contributed by atoms with Crippen LogP contribution in [-0.2, 0) is 80.9 Å². The van der Waals surface area contributed by atoms with Gasteiger partial charge in [-0.15, -0.1) is 0 Å². The summed E-state index contributed by atoms with van der Waals surface area (Å²) < 4.78 is 63.0. The first-order chi connectivity index (χ1) is 42.6. The zero-order chi connectivity index (χ0) is 68.0. The summed E-state index contributed by atoms with van der Waals surface area (Å²) >= 11 is 0. The van der Waals surface area contributed by atoms with Crippen LogP contribution in [0.25, 0.3) is 0 Å². The van der Waals surface area contributed by atoms with Crippen LogP contribution in [0.3, 0.4) is 0 Å². The molecule has 24 N–H and O–H groups in total. The summed E-state index contributed by atoms with van der Waals surface area (Å²) in [6, 6.07) is -7.07. The van der Waals surface area contributed by atoms with Gasteiger partial charge in [-0.05, 0) is 0 Å². The van der Waals surface area contributed by atoms with Gasteiger partial charge in [0, 0.05) is 40.5 Å². The molecule has 6 fully saturated rings. The molecular weight excluding hydrogens is 1250 g/mol. The summed E-state index contributed by atoms with van der Waals surface area (Å²) in [6.07, 6.45) is -58.0. The quantitative estimate of drug-likeness (QED) is 0.0382. The van der Waals surface area contributed by atoms with E-state index in [1.807, 2.05) is 0 Å². The number of hydrogen-bond donors (Lipinski definition) is 24. The van der Waals surface area contributed by atoms with E-state index in [1.54, 1.807) is 0 Å². The monoisotopic (exact) mass is 1330 g/mol. The fourth-order valence-electron chi connectivity index (χ4n) is 11.4. The molecule has 0 aromatic carbocycles. The second-order valence-corrected chi connectivity index (χ2v) is 22.6. The lowest BCUT2D eigenvalue weighted by Gasteiger charge is -2.51. The van der Waals surface area contributed by atoms with E-state index in [4.69, 9.17) is 52.1 Å². The van der Waals surface area contributed by atoms with Gasteiger partial charge < -0.3 is 176 Å². The lowest BCUT2D eigenvalue weighted by Crippen LogP contribution is -2.71. The molecule has 6 saturated heterocycles. The second-order valence-electron chi connectivity index (χ2n) is 22.6. The number of carbonyl (C=O) groups excluding carboxylic acids is 4. The van der Waals surface area contributed by atoms with Crippen LogP contribution in [0.2, 0.25) is 0 Å². The van der Waals surface area contributed by atoms with Crippen molar-refractivity contribution in [2.24, 2.45) is 0 Å². The highest BCUT2D eigenvalue weighted by atomic mass is 16.8. The lowest BCUT2D eigenvalue weighted by atomic mass is 9.88. The fourth-order valence-corrected chi connectivity index (χ4v) is 11.4. The molecule has 6 rings (SSSR count). The molecule has 41 nitrogen and oxygen atoms in total. The normalized spacial score (nSPS) is 43.5. The first-order valence-electron chi connectivity index (χ1n) is 28.3. The Bertz CT molecular complexity index is 2450. The van der Waals surface area contributed by atoms with Crippen molar-refractivity contribution in [3.8, 4) is 0 Å². The topological polar surface area (TPSA) is 657 Å². The highest BCUT2D eigenvalue weighted by molar-refractivity contribution is 5.78. The van der Waals surface area contributed by atoms with Gasteiger partial charge in [0.05, 0.1) is 63.9 Å². The molecule has 91 heavy (non-hydrogen) atoms. The van der Waals surface area contributed by atoms with Crippen LogP contribution in [0.15, 0.2) is 0 Å². The molecule has 0 aliphatic carbocycles. The number of aliphatic hydroxyl groups excluding tert-OH is 18. The number of carboxylic acid groups (broad SMARTS) is 2. The number of amides is 4. The van der Waals surface area contributed by atoms with E-state index in [-0.39, 0.29) is 0 Å². The third-order valence-electron chi connectivity index (χ3n) is 16.0. The summed E-state index contributed by atoms with van der Waals surface area (Å²) in [6.45, 7) is -2.91. The van der Waals surface area contributed by atoms with Crippen LogP contribution in [0, 0.1) is 0 Å². The van der Waals surface area contributed by atoms with Crippen LogP contribution in [0.4, 0.5) is 0 Å². The zero-order valence-corrected chi connectivity index (χ0v) is 48.9. The number of rotatable bonds is 26. The number of nitrogens with one attached hydrogen (secondary N) is 4. The van der Waals surface area contributed by atoms with Gasteiger partial charge in [0.15, 0.2) is 25.2 Å². The summed E-state index contributed by atoms with van der Waals surface area (Å²) in [5.41, 5.74) is 0. The van der Waals surface area contributed by atoms with Gasteiger partial charge in [0.25, 0.3) is 11.6 Å². The van der Waals surface area contributed by atoms with Crippen molar-refractivity contribution in [1.82, 2.24) is 21.3 Å². The molecule has 0 saturated carbocycles. The van der Waals surface area contributed by atoms with Crippen LogP contribution < -0.4 is 21.3 Å². The van der Waals surface area contributed by atoms with Gasteiger partial charge in [0.2, 0.25) is 23.6 Å². The predicted molar refractivity (Wildman–Crippen MR) is 280 cm³/mol. The van der Waals surface area contributed by atoms with E-state index >= 15 is 0 Å². The molecule has 6 aliphatic heterocycles. The molecule has 0 aromatic heterocycles. The summed E-state index contributed by atoms with van der Waals surface area (Å²) in [5, 5.41) is 227. The van der Waals surface area contributed by atoms with Crippen molar-refractivity contribution in [2.45, 2.75) is 236 Å². The molecule has 0 bridgehead atoms. The molecule has 0 spiro atoms. The number of aliphatic carboxylic acids is 2. The van der Waals surface area contributed by atoms with Crippen molar-refractivity contribution >= 4 is 35.6 Å². The van der Waals surface area contributed by atoms with Gasteiger partial charge in [-0.25, -0.2) is 9.59 Å². The Balaban J connectivity index is 1.23. The van der Waals surface area contributed by atoms with Gasteiger partial charge in [-0.3, -0.25) is 19.2 Å². The summed E-state index contributed by atoms with van der Waals surface area (Å²) in [4.78, 5) is 75.5. The van der Waals surface area contributed by atoms with Gasteiger partial charge >= 0.3 is 11.9 Å². The largest absolute Gasteiger partial charge is 0.477 e. The number of carboxylic acids is 2. The van der Waals surface area contributed by atoms with Crippen molar-refractivity contribution in [1.29, 1.82) is 0 Å². The molecule has 0 radical (unpaired) electrons. The highest BCUT2D eigenvalue weighted by Gasteiger charge is 2.63. The Morgan fingerprint density at radius 3 is 1.19 bits per heavy atom. The van der Waals surface area contributed by atoms with E-state index in [0.717, 1.165) is 27.7 Å². The minimum atomic E-state index is -3.24. The molecule has 0 aromatic rings. The first kappa shape index (κ1) is 75.7. The van der Waals surface area contributed by atoms with Crippen molar-refractivity contribution < 1.29 is 183 Å². The van der Waals surface area contributed by atoms with E-state index < -0.39 is 283 Å². The van der Waals surface area contributed by atoms with Crippen LogP contribution >= 0.6 is 0 Å². The highest BCUT2D eigenvalue weighted by Crippen LogP contribution is 2.41. The SMILES string of the molecule is CC(=O)N[C@@H]1[C@@H](O[C@@H]2O[C@H](CO)[C@H](O)[C@H](O[C@]3(C(=O)O)C[C@H](O)[C@@H](NC(C)=O)[C@H]([C@H](O)[C@H](O)CO)O3)[C@H]2O)[C@H](O)[C@@H](CO[C@@H]2O[C@H](CO)[C@@H](O[C@@H]3O[C@H](CO)[C@H](O)[C@H](O[C@]4(C(=O)O)C[C@H](O)[C@@H](NC(C)=O)[C@H]([C@H](O)[C@H](O)CO)O4)[C@H]3O)[C@H](O)[C@H]2NC(C)=O)O[C@@H]1O. The number of carbonyl (C=O) groups is 6. The molecule has 32 atom stereocenters. The average Bonchev–Trinajstić information content (AvgIpc) is 0.778. The molecular formula is C50H82N4O37. The van der Waals surface area contributed by atoms with Gasteiger partial charge in [-0.2, -0.15) is 0 Å². The minimum Gasteiger partial charge on any atom is -0.477 e. The Hall–Kier alpha value is -4.34. The second kappa shape index (κ2) is 31.9. The Morgan fingerprint density at radius 1 is 0.451 bits per heavy atom. The maximum Gasteiger partial charge on any atom is 0.364 e. The zero-order valence-electron chi connectivity index (χ0n) is 48.9. The molecule has 6 heterocycles. The standard InChI is InChI=1S/C50H82N4O37/c1-13(60)51-25-17(64)5-49(47(77)78,88-39(25)29(68)19(66)7-55)90-41-31(70)21(9-57)83-45(35(41)74)86-37-23(11-59)85-44(27(34(37)73)53-15(3)62)81-12-24-33(72)38(28(43(76)82-24)54-16(4)63)87-46-36(75)42(32(71)22(10-58)84-46)91-50(48(79)80)6-18(65)26(52-14(2)61)40(89-50)30(69)20(67)8-56/h17-46,55-59,64-76H,5-12H2,1-4H3,(H,51,60)(H,52,61)(H,53,62)(H,54,63)(H,77,78)(H,79,80)/t17-,18-,19+,20+,21+,22+,23+,24+,25+,26+,27+,28+,29+,30+,31-,32-,33+,34+,35+,36+,37+,38+,39+,40+,41-,42-,43-,44+,45-,46-,49-,50-/m0/s1. The molecule has 41 heteroatoms. The van der Waals surface area contributed by atoms with E-state index in [2.05, 4.69) is 21.3 Å². The first-order valence-corrected chi connectivity index (χ1v) is 28.3. The van der Waals surface area contributed by atoms with Crippen molar-refractivity contribution in [2.75, 3.05) is 39.6 Å². The third kappa shape index (κ3) is 16.8. The van der Waals surface area contributed by atoms with Crippen LogP contribution in [0.1, 0.15) is 40.5 Å². The summed E-state index contributed by atoms with van der Waals surface area (Å²) in [5.74, 6) is -14.2. The lowest BCUT2D eigenvalue weighted by molar-refractivity contribution is -0.385. The number of ether oxygens (including phenoxy) is 11. The molecule has 0 unspecified atom stereocenters. The van der Waals surface area contributed by atoms with E-state index in [0.29, 0.717) is 0 Å². The predicted octanol–water partition coefficient (Wildman–Crippen LogP) is -15.1. The minimum absolute atomic E-state index is 0.840.